The van der Waals surface area contributed by atoms with Gasteiger partial charge < -0.3 is 9.84 Å². The average molecular weight is 358 g/mol. The Morgan fingerprint density at radius 2 is 2.10 bits per heavy atom. The fourth-order valence-electron chi connectivity index (χ4n) is 1.20. The number of carboxylic acids is 1. The third-order valence-corrected chi connectivity index (χ3v) is 2.88. The third kappa shape index (κ3) is 4.08. The van der Waals surface area contributed by atoms with E-state index >= 15 is 0 Å². The molecule has 1 aromatic rings. The van der Waals surface area contributed by atoms with E-state index in [-0.39, 0.29) is 15.9 Å². The first-order valence-electron chi connectivity index (χ1n) is 4.99. The third-order valence-electron chi connectivity index (χ3n) is 2.22. The number of non-ortho nitro benzene ring substituents is 1. The molecule has 0 aliphatic heterocycles. The summed E-state index contributed by atoms with van der Waals surface area (Å²) in [6.45, 7) is -1.18. The van der Waals surface area contributed by atoms with Crippen molar-refractivity contribution in [3.63, 3.8) is 0 Å². The van der Waals surface area contributed by atoms with Crippen molar-refractivity contribution in [3.05, 3.63) is 32.8 Å². The summed E-state index contributed by atoms with van der Waals surface area (Å²) in [6.07, 6.45) is -4.97. The molecule has 0 spiro atoms. The molecule has 10 heteroatoms. The highest BCUT2D eigenvalue weighted by molar-refractivity contribution is 9.10. The molecule has 1 unspecified atom stereocenters. The summed E-state index contributed by atoms with van der Waals surface area (Å²) in [5.74, 6) is -5.04. The summed E-state index contributed by atoms with van der Waals surface area (Å²) in [5, 5.41) is 19.0. The number of nitrogens with zero attached hydrogens (tertiary/aromatic N) is 1. The number of carbonyl (C=O) groups is 1. The maximum Gasteiger partial charge on any atom is 0.405 e. The number of rotatable bonds is 5. The van der Waals surface area contributed by atoms with Gasteiger partial charge in [0.1, 0.15) is 12.4 Å². The lowest BCUT2D eigenvalue weighted by Crippen LogP contribution is -2.35. The molecule has 0 bridgehead atoms. The van der Waals surface area contributed by atoms with Gasteiger partial charge in [0.2, 0.25) is 0 Å². The minimum Gasteiger partial charge on any atom is -0.491 e. The molecule has 1 aromatic carbocycles. The molecule has 1 rings (SSSR count). The maximum absolute atomic E-state index is 12.4. The van der Waals surface area contributed by atoms with E-state index in [1.54, 1.807) is 0 Å². The van der Waals surface area contributed by atoms with E-state index in [0.29, 0.717) is 0 Å². The number of nitro groups is 1. The first-order chi connectivity index (χ1) is 9.12. The summed E-state index contributed by atoms with van der Waals surface area (Å²) in [5.41, 5.74) is -0.387. The second-order valence-corrected chi connectivity index (χ2v) is 4.47. The zero-order valence-corrected chi connectivity index (χ0v) is 11.1. The molecule has 0 aliphatic rings. The zero-order valence-electron chi connectivity index (χ0n) is 9.56. The molecule has 0 aliphatic carbocycles. The van der Waals surface area contributed by atoms with Crippen LogP contribution in [0.15, 0.2) is 22.7 Å². The molecule has 110 valence electrons. The highest BCUT2D eigenvalue weighted by Gasteiger charge is 2.45. The van der Waals surface area contributed by atoms with Crippen molar-refractivity contribution < 1.29 is 32.7 Å². The molecular formula is C10H7BrF3NO5. The van der Waals surface area contributed by atoms with E-state index in [0.717, 1.165) is 12.1 Å². The minimum atomic E-state index is -4.97. The Labute approximate surface area is 118 Å². The normalized spacial score (nSPS) is 12.8. The first kappa shape index (κ1) is 16.2. The van der Waals surface area contributed by atoms with Gasteiger partial charge in [0, 0.05) is 6.07 Å². The van der Waals surface area contributed by atoms with Crippen molar-refractivity contribution in [1.29, 1.82) is 0 Å². The molecule has 1 atom stereocenters. The van der Waals surface area contributed by atoms with Gasteiger partial charge in [-0.15, -0.1) is 0 Å². The van der Waals surface area contributed by atoms with Gasteiger partial charge in [0.15, 0.2) is 5.92 Å². The van der Waals surface area contributed by atoms with Crippen LogP contribution >= 0.6 is 15.9 Å². The number of hydrogen-bond acceptors (Lipinski definition) is 4. The molecular weight excluding hydrogens is 351 g/mol. The van der Waals surface area contributed by atoms with Crippen LogP contribution in [-0.2, 0) is 4.79 Å². The van der Waals surface area contributed by atoms with E-state index in [2.05, 4.69) is 15.9 Å². The molecule has 20 heavy (non-hydrogen) atoms. The Balaban J connectivity index is 2.91. The lowest BCUT2D eigenvalue weighted by atomic mass is 10.1. The molecule has 0 heterocycles. The fourth-order valence-corrected chi connectivity index (χ4v) is 1.56. The van der Waals surface area contributed by atoms with Crippen molar-refractivity contribution in [2.24, 2.45) is 5.92 Å². The molecule has 0 radical (unpaired) electrons. The van der Waals surface area contributed by atoms with Crippen LogP contribution < -0.4 is 4.74 Å². The summed E-state index contributed by atoms with van der Waals surface area (Å²) in [7, 11) is 0. The van der Waals surface area contributed by atoms with Gasteiger partial charge in [-0.1, -0.05) is 0 Å². The fraction of sp³-hybridized carbons (Fsp3) is 0.300. The number of ether oxygens (including phenoxy) is 1. The highest BCUT2D eigenvalue weighted by Crippen LogP contribution is 2.32. The lowest BCUT2D eigenvalue weighted by molar-refractivity contribution is -0.385. The monoisotopic (exact) mass is 357 g/mol. The average Bonchev–Trinajstić information content (AvgIpc) is 2.28. The topological polar surface area (TPSA) is 89.7 Å². The van der Waals surface area contributed by atoms with Crippen LogP contribution in [0.1, 0.15) is 0 Å². The smallest absolute Gasteiger partial charge is 0.405 e. The van der Waals surface area contributed by atoms with Crippen molar-refractivity contribution in [2.45, 2.75) is 6.18 Å². The number of aliphatic carboxylic acids is 1. The largest absolute Gasteiger partial charge is 0.491 e. The summed E-state index contributed by atoms with van der Waals surface area (Å²) < 4.78 is 42.1. The second kappa shape index (κ2) is 6.07. The van der Waals surface area contributed by atoms with Crippen molar-refractivity contribution in [3.8, 4) is 5.75 Å². The van der Waals surface area contributed by atoms with Crippen LogP contribution in [0.5, 0.6) is 5.75 Å². The van der Waals surface area contributed by atoms with Gasteiger partial charge >= 0.3 is 12.1 Å². The van der Waals surface area contributed by atoms with Gasteiger partial charge in [0.05, 0.1) is 15.5 Å². The molecule has 1 N–H and O–H groups in total. The van der Waals surface area contributed by atoms with E-state index in [1.165, 1.54) is 6.07 Å². The van der Waals surface area contributed by atoms with E-state index < -0.39 is 29.6 Å². The second-order valence-electron chi connectivity index (χ2n) is 3.62. The standard InChI is InChI=1S/C10H7BrF3NO5/c11-7-2-1-5(15(18)19)3-8(7)20-4-6(9(16)17)10(12,13)14/h1-3,6H,4H2,(H,16,17). The SMILES string of the molecule is O=C(O)C(COc1cc([N+](=O)[O-])ccc1Br)C(F)(F)F. The predicted octanol–water partition coefficient (Wildman–Crippen LogP) is 3.00. The molecule has 6 nitrogen and oxygen atoms in total. The zero-order chi connectivity index (χ0) is 15.5. The van der Waals surface area contributed by atoms with E-state index in [1.807, 2.05) is 0 Å². The van der Waals surface area contributed by atoms with Crippen LogP contribution in [0.2, 0.25) is 0 Å². The quantitative estimate of drug-likeness (QED) is 0.646. The Morgan fingerprint density at radius 1 is 1.50 bits per heavy atom. The number of benzene rings is 1. The van der Waals surface area contributed by atoms with Crippen molar-refractivity contribution in [1.82, 2.24) is 0 Å². The number of hydrogen-bond donors (Lipinski definition) is 1. The number of nitro benzene ring substituents is 1. The van der Waals surface area contributed by atoms with Gasteiger partial charge in [-0.25, -0.2) is 0 Å². The lowest BCUT2D eigenvalue weighted by Gasteiger charge is -2.17. The predicted molar refractivity (Wildman–Crippen MR) is 63.5 cm³/mol. The summed E-state index contributed by atoms with van der Waals surface area (Å²) in [4.78, 5) is 20.3. The minimum absolute atomic E-state index is 0.175. The van der Waals surface area contributed by atoms with E-state index in [9.17, 15) is 28.1 Å². The Hall–Kier alpha value is -1.84. The van der Waals surface area contributed by atoms with Crippen LogP contribution in [0.4, 0.5) is 18.9 Å². The number of alkyl halides is 3. The first-order valence-corrected chi connectivity index (χ1v) is 5.78. The highest BCUT2D eigenvalue weighted by atomic mass is 79.9. The van der Waals surface area contributed by atoms with Gasteiger partial charge in [-0.3, -0.25) is 14.9 Å². The molecule has 0 fully saturated rings. The Bertz CT molecular complexity index is 534. The molecule has 0 amide bonds. The van der Waals surface area contributed by atoms with Crippen LogP contribution in [0.25, 0.3) is 0 Å². The van der Waals surface area contributed by atoms with Gasteiger partial charge in [-0.2, -0.15) is 13.2 Å². The Morgan fingerprint density at radius 3 is 2.55 bits per heavy atom. The van der Waals surface area contributed by atoms with Crippen LogP contribution in [0, 0.1) is 16.0 Å². The molecule has 0 saturated heterocycles. The number of halogens is 4. The van der Waals surface area contributed by atoms with Gasteiger partial charge in [0.25, 0.3) is 5.69 Å². The summed E-state index contributed by atoms with van der Waals surface area (Å²) in [6, 6.07) is 3.24. The number of carboxylic acid groups (broad SMARTS) is 1. The summed E-state index contributed by atoms with van der Waals surface area (Å²) >= 11 is 2.94. The van der Waals surface area contributed by atoms with Gasteiger partial charge in [-0.05, 0) is 22.0 Å². The van der Waals surface area contributed by atoms with Crippen LogP contribution in [0.3, 0.4) is 0 Å². The van der Waals surface area contributed by atoms with Crippen molar-refractivity contribution >= 4 is 27.6 Å². The Kier molecular flexibility index (Phi) is 4.93. The van der Waals surface area contributed by atoms with Crippen LogP contribution in [-0.4, -0.2) is 28.8 Å². The van der Waals surface area contributed by atoms with Crippen molar-refractivity contribution in [2.75, 3.05) is 6.61 Å². The van der Waals surface area contributed by atoms with E-state index in [4.69, 9.17) is 9.84 Å². The maximum atomic E-state index is 12.4. The molecule has 0 saturated carbocycles. The molecule has 0 aromatic heterocycles.